The van der Waals surface area contributed by atoms with Crippen molar-refractivity contribution in [3.8, 4) is 6.07 Å². The molecule has 0 aromatic heterocycles. The third kappa shape index (κ3) is 3.47. The van der Waals surface area contributed by atoms with Gasteiger partial charge in [0.1, 0.15) is 6.07 Å². The summed E-state index contributed by atoms with van der Waals surface area (Å²) in [4.78, 5) is 22.4. The maximum absolute atomic E-state index is 11.3. The number of rotatable bonds is 2. The van der Waals surface area contributed by atoms with Crippen molar-refractivity contribution in [1.82, 2.24) is 0 Å². The van der Waals surface area contributed by atoms with E-state index in [0.29, 0.717) is 0 Å². The van der Waals surface area contributed by atoms with Crippen molar-refractivity contribution in [2.75, 3.05) is 0 Å². The van der Waals surface area contributed by atoms with Crippen LogP contribution in [0, 0.1) is 11.3 Å². The molecule has 6 nitrogen and oxygen atoms in total. The summed E-state index contributed by atoms with van der Waals surface area (Å²) in [6.07, 6.45) is 0. The van der Waals surface area contributed by atoms with Crippen molar-refractivity contribution in [3.63, 3.8) is 0 Å². The summed E-state index contributed by atoms with van der Waals surface area (Å²) in [5, 5.41) is 11.7. The van der Waals surface area contributed by atoms with E-state index in [1.54, 1.807) is 0 Å². The number of hydrogen-bond donors (Lipinski definition) is 1. The van der Waals surface area contributed by atoms with E-state index >= 15 is 0 Å². The number of ketones is 1. The summed E-state index contributed by atoms with van der Waals surface area (Å²) >= 11 is 0. The Hall–Kier alpha value is -1.52. The Labute approximate surface area is 108 Å². The Kier molecular flexibility index (Phi) is 5.19. The molecule has 0 heterocycles. The Morgan fingerprint density at radius 3 is 2.06 bits per heavy atom. The number of sulfonamides is 1. The van der Waals surface area contributed by atoms with E-state index in [4.69, 9.17) is 5.26 Å². The second kappa shape index (κ2) is 5.70. The van der Waals surface area contributed by atoms with Crippen LogP contribution < -0.4 is 5.14 Å². The molecule has 1 aromatic rings. The van der Waals surface area contributed by atoms with Gasteiger partial charge in [0.25, 0.3) is 20.9 Å². The fourth-order valence-electron chi connectivity index (χ4n) is 1.07. The van der Waals surface area contributed by atoms with Crippen molar-refractivity contribution in [2.24, 2.45) is 5.14 Å². The molecule has 8 heteroatoms. The fraction of sp³-hybridized carbons (Fsp3) is 0. The summed E-state index contributed by atoms with van der Waals surface area (Å²) < 4.78 is 21.7. The summed E-state index contributed by atoms with van der Waals surface area (Å²) in [7, 11) is -4.42. The molecule has 1 radical (unpaired) electrons. The minimum absolute atomic E-state index is 0. The van der Waals surface area contributed by atoms with E-state index < -0.39 is 26.5 Å². The standard InChI is InChI=1S/C9H6N2O4S.Cu/c10-5-8(12)6-3-1-2-4-7(6)9(13)16(11,14)15;/h1-4H,(H2,11,14,15);. The van der Waals surface area contributed by atoms with Gasteiger partial charge in [-0.2, -0.15) is 5.26 Å². The molecule has 0 bridgehead atoms. The van der Waals surface area contributed by atoms with Crippen molar-refractivity contribution >= 4 is 20.9 Å². The van der Waals surface area contributed by atoms with Crippen LogP contribution in [0.25, 0.3) is 0 Å². The van der Waals surface area contributed by atoms with Crippen LogP contribution in [0.1, 0.15) is 20.7 Å². The molecule has 0 fully saturated rings. The molecule has 0 saturated carbocycles. The zero-order chi connectivity index (χ0) is 12.3. The zero-order valence-corrected chi connectivity index (χ0v) is 9.93. The van der Waals surface area contributed by atoms with Crippen LogP contribution in [0.5, 0.6) is 0 Å². The quantitative estimate of drug-likeness (QED) is 0.462. The van der Waals surface area contributed by atoms with Crippen LogP contribution in [-0.2, 0) is 27.1 Å². The van der Waals surface area contributed by atoms with Gasteiger partial charge >= 0.3 is 0 Å². The number of carbonyl (C=O) groups is 2. The SMILES string of the molecule is N#CC(=O)c1ccccc1C(=O)S(N)(=O)=O.[Cu]. The second-order valence-corrected chi connectivity index (χ2v) is 4.28. The normalized spacial score (nSPS) is 9.88. The predicted molar refractivity (Wildman–Crippen MR) is 53.8 cm³/mol. The summed E-state index contributed by atoms with van der Waals surface area (Å²) in [5.41, 5.74) is -0.666. The molecule has 0 aliphatic rings. The van der Waals surface area contributed by atoms with Crippen LogP contribution in [0.15, 0.2) is 24.3 Å². The Bertz CT molecular complexity index is 604. The van der Waals surface area contributed by atoms with Crippen LogP contribution in [0.3, 0.4) is 0 Å². The molecule has 1 rings (SSSR count). The molecule has 0 aliphatic carbocycles. The van der Waals surface area contributed by atoms with Gasteiger partial charge in [-0.3, -0.25) is 9.59 Å². The van der Waals surface area contributed by atoms with E-state index in [9.17, 15) is 18.0 Å². The van der Waals surface area contributed by atoms with Crippen molar-refractivity contribution in [1.29, 1.82) is 5.26 Å². The zero-order valence-electron chi connectivity index (χ0n) is 8.18. The smallest absolute Gasteiger partial charge is 0.277 e. The number of nitrogens with two attached hydrogens (primary N) is 1. The molecule has 0 aliphatic heterocycles. The molecular weight excluding hydrogens is 296 g/mol. The second-order valence-electron chi connectivity index (χ2n) is 2.82. The number of hydrogen-bond acceptors (Lipinski definition) is 5. The van der Waals surface area contributed by atoms with Gasteiger partial charge in [0.2, 0.25) is 0 Å². The average molecular weight is 302 g/mol. The van der Waals surface area contributed by atoms with Crippen LogP contribution >= 0.6 is 0 Å². The third-order valence-electron chi connectivity index (χ3n) is 1.75. The van der Waals surface area contributed by atoms with Gasteiger partial charge in [0.15, 0.2) is 0 Å². The van der Waals surface area contributed by atoms with E-state index in [1.807, 2.05) is 0 Å². The van der Waals surface area contributed by atoms with Gasteiger partial charge in [0, 0.05) is 28.2 Å². The predicted octanol–water partition coefficient (Wildman–Crippen LogP) is -0.181. The van der Waals surface area contributed by atoms with Gasteiger partial charge in [-0.25, -0.2) is 13.6 Å². The van der Waals surface area contributed by atoms with E-state index in [0.717, 1.165) is 6.07 Å². The van der Waals surface area contributed by atoms with E-state index in [-0.39, 0.29) is 22.6 Å². The minimum Gasteiger partial charge on any atom is -0.277 e. The van der Waals surface area contributed by atoms with E-state index in [1.165, 1.54) is 24.3 Å². The van der Waals surface area contributed by atoms with Gasteiger partial charge < -0.3 is 0 Å². The number of benzene rings is 1. The first-order chi connectivity index (χ1) is 7.38. The van der Waals surface area contributed by atoms with Crippen LogP contribution in [-0.4, -0.2) is 19.3 Å². The molecule has 0 spiro atoms. The number of Topliss-reactive ketones (excluding diaryl/α,β-unsaturated/α-hetero) is 1. The molecule has 1 aromatic carbocycles. The van der Waals surface area contributed by atoms with Crippen molar-refractivity contribution in [3.05, 3.63) is 35.4 Å². The monoisotopic (exact) mass is 301 g/mol. The molecule has 17 heavy (non-hydrogen) atoms. The molecule has 2 N–H and O–H groups in total. The van der Waals surface area contributed by atoms with Crippen LogP contribution in [0.4, 0.5) is 0 Å². The van der Waals surface area contributed by atoms with Gasteiger partial charge in [-0.05, 0) is 12.1 Å². The maximum Gasteiger partial charge on any atom is 0.292 e. The van der Waals surface area contributed by atoms with Crippen LogP contribution in [0.2, 0.25) is 0 Å². The number of nitriles is 1. The summed E-state index contributed by atoms with van der Waals surface area (Å²) in [6, 6.07) is 6.38. The van der Waals surface area contributed by atoms with Crippen molar-refractivity contribution in [2.45, 2.75) is 0 Å². The molecule has 0 amide bonds. The first-order valence-corrected chi connectivity index (χ1v) is 5.53. The number of primary sulfonamides is 1. The minimum atomic E-state index is -4.42. The Balaban J connectivity index is 0.00000256. The fourth-order valence-corrected chi connectivity index (χ4v) is 1.56. The topological polar surface area (TPSA) is 118 Å². The first-order valence-electron chi connectivity index (χ1n) is 3.98. The number of nitrogens with zero attached hydrogens (tertiary/aromatic N) is 1. The molecule has 0 atom stereocenters. The first kappa shape index (κ1) is 15.5. The maximum atomic E-state index is 11.3. The van der Waals surface area contributed by atoms with Gasteiger partial charge in [0.05, 0.1) is 0 Å². The Morgan fingerprint density at radius 1 is 1.18 bits per heavy atom. The largest absolute Gasteiger partial charge is 0.292 e. The molecular formula is C9H6CuN2O4S. The van der Waals surface area contributed by atoms with Crippen molar-refractivity contribution < 1.29 is 35.1 Å². The summed E-state index contributed by atoms with van der Waals surface area (Å²) in [6.45, 7) is 0. The summed E-state index contributed by atoms with van der Waals surface area (Å²) in [5.74, 6) is -0.993. The van der Waals surface area contributed by atoms with E-state index in [2.05, 4.69) is 5.14 Å². The van der Waals surface area contributed by atoms with Gasteiger partial charge in [-0.15, -0.1) is 0 Å². The average Bonchev–Trinajstić information content (AvgIpc) is 2.25. The molecule has 93 valence electrons. The molecule has 0 unspecified atom stereocenters. The number of carbonyl (C=O) groups excluding carboxylic acids is 2. The molecule has 0 saturated heterocycles. The Morgan fingerprint density at radius 2 is 1.65 bits per heavy atom. The van der Waals surface area contributed by atoms with Gasteiger partial charge in [-0.1, -0.05) is 12.1 Å². The third-order valence-corrected chi connectivity index (χ3v) is 2.49.